The highest BCUT2D eigenvalue weighted by atomic mass is 32.1. The molecule has 2 rings (SSSR count). The lowest BCUT2D eigenvalue weighted by Crippen LogP contribution is -2.33. The van der Waals surface area contributed by atoms with Crippen LogP contribution in [-0.2, 0) is 12.0 Å². The van der Waals surface area contributed by atoms with Gasteiger partial charge in [-0.15, -0.1) is 11.3 Å². The summed E-state index contributed by atoms with van der Waals surface area (Å²) in [6.07, 6.45) is 1.91. The number of thiazole rings is 1. The smallest absolute Gasteiger partial charge is 0.112 e. The molecule has 0 spiro atoms. The maximum absolute atomic E-state index is 6.45. The molecule has 19 heavy (non-hydrogen) atoms. The molecule has 0 bridgehead atoms. The lowest BCUT2D eigenvalue weighted by molar-refractivity contribution is 0.449. The van der Waals surface area contributed by atoms with Gasteiger partial charge in [-0.25, -0.2) is 4.98 Å². The third-order valence-corrected chi connectivity index (χ3v) is 4.52. The van der Waals surface area contributed by atoms with Gasteiger partial charge in [0.05, 0.1) is 11.2 Å². The van der Waals surface area contributed by atoms with Crippen LogP contribution in [0.3, 0.4) is 0 Å². The molecule has 0 aliphatic heterocycles. The molecule has 0 aliphatic carbocycles. The number of hydrogen-bond acceptors (Lipinski definition) is 3. The minimum atomic E-state index is -0.340. The zero-order valence-electron chi connectivity index (χ0n) is 11.9. The van der Waals surface area contributed by atoms with E-state index in [9.17, 15) is 0 Å². The lowest BCUT2D eigenvalue weighted by atomic mass is 9.95. The van der Waals surface area contributed by atoms with Crippen molar-refractivity contribution in [2.75, 3.05) is 0 Å². The maximum Gasteiger partial charge on any atom is 0.112 e. The summed E-state index contributed by atoms with van der Waals surface area (Å²) in [6.45, 7) is 6.41. The van der Waals surface area contributed by atoms with E-state index in [1.807, 2.05) is 6.07 Å². The van der Waals surface area contributed by atoms with Gasteiger partial charge in [-0.1, -0.05) is 44.2 Å². The van der Waals surface area contributed by atoms with E-state index in [4.69, 9.17) is 5.73 Å². The van der Waals surface area contributed by atoms with E-state index in [0.717, 1.165) is 23.5 Å². The van der Waals surface area contributed by atoms with E-state index in [1.54, 1.807) is 11.3 Å². The molecule has 3 heteroatoms. The van der Waals surface area contributed by atoms with Gasteiger partial charge in [0.2, 0.25) is 0 Å². The normalized spacial score (nSPS) is 14.6. The predicted molar refractivity (Wildman–Crippen MR) is 82.5 cm³/mol. The van der Waals surface area contributed by atoms with Crippen LogP contribution in [0.2, 0.25) is 0 Å². The maximum atomic E-state index is 6.45. The van der Waals surface area contributed by atoms with E-state index < -0.39 is 0 Å². The summed E-state index contributed by atoms with van der Waals surface area (Å²) in [7, 11) is 0. The summed E-state index contributed by atoms with van der Waals surface area (Å²) >= 11 is 1.68. The average Bonchev–Trinajstić information content (AvgIpc) is 2.88. The summed E-state index contributed by atoms with van der Waals surface area (Å²) in [5, 5.41) is 3.18. The Morgan fingerprint density at radius 2 is 1.95 bits per heavy atom. The number of rotatable bonds is 5. The molecule has 2 aromatic rings. The molecule has 102 valence electrons. The first-order valence-electron chi connectivity index (χ1n) is 6.78. The van der Waals surface area contributed by atoms with Gasteiger partial charge in [0, 0.05) is 5.38 Å². The Balaban J connectivity index is 2.05. The number of aromatic nitrogens is 1. The van der Waals surface area contributed by atoms with E-state index in [-0.39, 0.29) is 5.54 Å². The van der Waals surface area contributed by atoms with Crippen molar-refractivity contribution in [3.05, 3.63) is 52.0 Å². The molecule has 1 unspecified atom stereocenters. The minimum Gasteiger partial charge on any atom is -0.320 e. The largest absolute Gasteiger partial charge is 0.320 e. The number of nitrogens with two attached hydrogens (primary N) is 1. The van der Waals surface area contributed by atoms with Crippen molar-refractivity contribution >= 4 is 11.3 Å². The van der Waals surface area contributed by atoms with Gasteiger partial charge in [0.15, 0.2) is 0 Å². The molecule has 0 radical (unpaired) electrons. The molecule has 2 N–H and O–H groups in total. The third kappa shape index (κ3) is 3.64. The molecule has 1 aromatic carbocycles. The zero-order valence-corrected chi connectivity index (χ0v) is 12.7. The fourth-order valence-corrected chi connectivity index (χ4v) is 3.06. The molecule has 2 nitrogen and oxygen atoms in total. The molecule has 0 aliphatic rings. The highest BCUT2D eigenvalue weighted by Gasteiger charge is 2.25. The monoisotopic (exact) mass is 274 g/mol. The molecular weight excluding hydrogens is 252 g/mol. The van der Waals surface area contributed by atoms with Crippen LogP contribution in [0, 0.1) is 0 Å². The second kappa shape index (κ2) is 5.85. The van der Waals surface area contributed by atoms with Crippen LogP contribution >= 0.6 is 11.3 Å². The van der Waals surface area contributed by atoms with Gasteiger partial charge < -0.3 is 5.73 Å². The van der Waals surface area contributed by atoms with E-state index >= 15 is 0 Å². The average molecular weight is 274 g/mol. The fraction of sp³-hybridized carbons (Fsp3) is 0.438. The summed E-state index contributed by atoms with van der Waals surface area (Å²) in [5.41, 5.74) is 8.59. The second-order valence-electron chi connectivity index (χ2n) is 5.64. The first kappa shape index (κ1) is 14.2. The van der Waals surface area contributed by atoms with Gasteiger partial charge >= 0.3 is 0 Å². The summed E-state index contributed by atoms with van der Waals surface area (Å²) in [5.74, 6) is 0.468. The number of hydrogen-bond donors (Lipinski definition) is 1. The Morgan fingerprint density at radius 3 is 2.53 bits per heavy atom. The molecule has 0 fully saturated rings. The fourth-order valence-electron chi connectivity index (χ4n) is 1.97. The van der Waals surface area contributed by atoms with E-state index in [2.05, 4.69) is 55.4 Å². The summed E-state index contributed by atoms with van der Waals surface area (Å²) < 4.78 is 0. The molecular formula is C16H22N2S. The van der Waals surface area contributed by atoms with Crippen molar-refractivity contribution in [3.63, 3.8) is 0 Å². The predicted octanol–water partition coefficient (Wildman–Crippen LogP) is 4.07. The molecule has 0 saturated carbocycles. The second-order valence-corrected chi connectivity index (χ2v) is 6.49. The number of benzene rings is 1. The van der Waals surface area contributed by atoms with Crippen LogP contribution in [0.4, 0.5) is 0 Å². The first-order chi connectivity index (χ1) is 8.99. The topological polar surface area (TPSA) is 38.9 Å². The van der Waals surface area contributed by atoms with Gasteiger partial charge in [0.1, 0.15) is 5.01 Å². The van der Waals surface area contributed by atoms with Crippen LogP contribution in [0.25, 0.3) is 0 Å². The highest BCUT2D eigenvalue weighted by molar-refractivity contribution is 7.09. The minimum absolute atomic E-state index is 0.340. The van der Waals surface area contributed by atoms with Crippen molar-refractivity contribution in [2.45, 2.75) is 45.1 Å². The van der Waals surface area contributed by atoms with Crippen LogP contribution in [-0.4, -0.2) is 4.98 Å². The Labute approximate surface area is 119 Å². The van der Waals surface area contributed by atoms with Crippen LogP contribution in [0.5, 0.6) is 0 Å². The van der Waals surface area contributed by atoms with Crippen LogP contribution in [0.15, 0.2) is 35.7 Å². The lowest BCUT2D eigenvalue weighted by Gasteiger charge is -2.22. The molecule has 0 saturated heterocycles. The number of aryl methyl sites for hydroxylation is 1. The van der Waals surface area contributed by atoms with Crippen molar-refractivity contribution in [1.82, 2.24) is 4.98 Å². The SMILES string of the molecule is CC(C)c1csc(C(C)(N)CCc2ccccc2)n1. The molecule has 0 amide bonds. The first-order valence-corrected chi connectivity index (χ1v) is 7.66. The Morgan fingerprint density at radius 1 is 1.26 bits per heavy atom. The third-order valence-electron chi connectivity index (χ3n) is 3.38. The zero-order chi connectivity index (χ0) is 13.9. The Bertz CT molecular complexity index is 515. The standard InChI is InChI=1S/C16H22N2S/c1-12(2)14-11-19-15(18-14)16(3,17)10-9-13-7-5-4-6-8-13/h4-8,11-12H,9-10,17H2,1-3H3. The van der Waals surface area contributed by atoms with Gasteiger partial charge in [-0.05, 0) is 31.2 Å². The van der Waals surface area contributed by atoms with Crippen LogP contribution in [0.1, 0.15) is 49.4 Å². The van der Waals surface area contributed by atoms with Crippen molar-refractivity contribution in [1.29, 1.82) is 0 Å². The molecule has 1 heterocycles. The summed E-state index contributed by atoms with van der Waals surface area (Å²) in [4.78, 5) is 4.69. The van der Waals surface area contributed by atoms with Crippen LogP contribution < -0.4 is 5.73 Å². The molecule has 1 aromatic heterocycles. The Kier molecular flexibility index (Phi) is 4.38. The van der Waals surface area contributed by atoms with E-state index in [1.165, 1.54) is 5.56 Å². The van der Waals surface area contributed by atoms with Gasteiger partial charge in [0.25, 0.3) is 0 Å². The summed E-state index contributed by atoms with van der Waals surface area (Å²) in [6, 6.07) is 10.5. The number of nitrogens with zero attached hydrogens (tertiary/aromatic N) is 1. The highest BCUT2D eigenvalue weighted by Crippen LogP contribution is 2.28. The Hall–Kier alpha value is -1.19. The van der Waals surface area contributed by atoms with Gasteiger partial charge in [-0.3, -0.25) is 0 Å². The van der Waals surface area contributed by atoms with E-state index in [0.29, 0.717) is 5.92 Å². The van der Waals surface area contributed by atoms with Gasteiger partial charge in [-0.2, -0.15) is 0 Å². The van der Waals surface area contributed by atoms with Crippen molar-refractivity contribution in [3.8, 4) is 0 Å². The quantitative estimate of drug-likeness (QED) is 0.892. The van der Waals surface area contributed by atoms with Crippen molar-refractivity contribution < 1.29 is 0 Å². The van der Waals surface area contributed by atoms with Crippen molar-refractivity contribution in [2.24, 2.45) is 5.73 Å². The molecule has 1 atom stereocenters.